The monoisotopic (exact) mass is 568 g/mol. The lowest BCUT2D eigenvalue weighted by Crippen LogP contribution is -2.20. The van der Waals surface area contributed by atoms with Crippen molar-refractivity contribution in [3.8, 4) is 24.1 Å². The number of terminal acetylenes is 1. The second-order valence-corrected chi connectivity index (χ2v) is 10.2. The lowest BCUT2D eigenvalue weighted by molar-refractivity contribution is 0.0682. The van der Waals surface area contributed by atoms with E-state index in [9.17, 15) is 4.79 Å². The summed E-state index contributed by atoms with van der Waals surface area (Å²) in [7, 11) is 0. The zero-order valence-corrected chi connectivity index (χ0v) is 24.9. The Kier molecular flexibility index (Phi) is 13.0. The summed E-state index contributed by atoms with van der Waals surface area (Å²) in [5.74, 6) is 1.28. The standard InChI is InChI=1S/C26H33ClN6O3.C2H6.C2H2/c1-15(2)36-14-16(3)25-31-20-10-21(24(28)32-26(34)35)30-22(18-9-19(27)12-29-11-18)23(20)33(25)13-17-7-5-4-6-8-17;2*1-2/h9-12,15-17H,4-8,13-14H2,1-3H3,(H2,28,32)(H,34,35);1-2H3;1-2H. The number of fused-ring (bicyclic) bond motifs is 1. The number of pyridine rings is 2. The van der Waals surface area contributed by atoms with Gasteiger partial charge in [-0.25, -0.2) is 14.8 Å². The van der Waals surface area contributed by atoms with Crippen molar-refractivity contribution in [3.05, 3.63) is 41.1 Å². The van der Waals surface area contributed by atoms with Gasteiger partial charge in [-0.1, -0.05) is 51.6 Å². The maximum absolute atomic E-state index is 11.2. The minimum Gasteiger partial charge on any atom is -0.463 e. The molecule has 0 radical (unpaired) electrons. The first kappa shape index (κ1) is 32.7. The number of hydrogen-bond donors (Lipinski definition) is 2. The van der Waals surface area contributed by atoms with Crippen molar-refractivity contribution in [1.29, 1.82) is 0 Å². The molecule has 0 aromatic carbocycles. The van der Waals surface area contributed by atoms with E-state index in [2.05, 4.69) is 34.3 Å². The molecule has 3 aromatic rings. The molecule has 0 spiro atoms. The number of nitrogens with two attached hydrogens (primary N) is 1. The molecule has 216 valence electrons. The molecule has 1 fully saturated rings. The molecule has 1 amide bonds. The fourth-order valence-corrected chi connectivity index (χ4v) is 4.98. The third-order valence-corrected chi connectivity index (χ3v) is 6.70. The van der Waals surface area contributed by atoms with Gasteiger partial charge in [0.2, 0.25) is 0 Å². The van der Waals surface area contributed by atoms with Gasteiger partial charge in [-0.15, -0.1) is 12.8 Å². The third kappa shape index (κ3) is 8.51. The Morgan fingerprint density at radius 2 is 1.85 bits per heavy atom. The summed E-state index contributed by atoms with van der Waals surface area (Å²) in [4.78, 5) is 28.7. The number of aromatic nitrogens is 4. The van der Waals surface area contributed by atoms with Crippen LogP contribution in [0.5, 0.6) is 0 Å². The van der Waals surface area contributed by atoms with Gasteiger partial charge in [-0.3, -0.25) is 4.98 Å². The van der Waals surface area contributed by atoms with Crippen molar-refractivity contribution in [2.75, 3.05) is 6.61 Å². The summed E-state index contributed by atoms with van der Waals surface area (Å²) in [6.45, 7) is 11.5. The van der Waals surface area contributed by atoms with Crippen LogP contribution in [0.15, 0.2) is 29.5 Å². The van der Waals surface area contributed by atoms with E-state index in [0.717, 1.165) is 17.9 Å². The molecule has 40 heavy (non-hydrogen) atoms. The van der Waals surface area contributed by atoms with Crippen molar-refractivity contribution >= 4 is 34.6 Å². The molecule has 1 aliphatic carbocycles. The van der Waals surface area contributed by atoms with Gasteiger partial charge in [0.1, 0.15) is 11.5 Å². The number of imidazole rings is 1. The molecular formula is C30H41ClN6O3. The summed E-state index contributed by atoms with van der Waals surface area (Å²) in [6, 6.07) is 3.49. The van der Waals surface area contributed by atoms with Gasteiger partial charge in [0.05, 0.1) is 34.5 Å². The number of carbonyl (C=O) groups is 1. The van der Waals surface area contributed by atoms with Gasteiger partial charge in [0.25, 0.3) is 0 Å². The molecule has 1 saturated carbocycles. The first-order valence-electron chi connectivity index (χ1n) is 13.8. The number of nitrogens with zero attached hydrogens (tertiary/aromatic N) is 5. The molecule has 0 bridgehead atoms. The quantitative estimate of drug-likeness (QED) is 0.171. The van der Waals surface area contributed by atoms with E-state index in [-0.39, 0.29) is 23.6 Å². The highest BCUT2D eigenvalue weighted by atomic mass is 35.5. The van der Waals surface area contributed by atoms with E-state index in [1.807, 2.05) is 27.7 Å². The maximum atomic E-state index is 11.2. The number of amidine groups is 1. The highest BCUT2D eigenvalue weighted by Crippen LogP contribution is 2.34. The average molecular weight is 569 g/mol. The molecule has 10 heteroatoms. The van der Waals surface area contributed by atoms with Gasteiger partial charge in [0, 0.05) is 30.4 Å². The van der Waals surface area contributed by atoms with Crippen molar-refractivity contribution in [2.45, 2.75) is 85.3 Å². The molecular weight excluding hydrogens is 528 g/mol. The molecule has 0 saturated heterocycles. The van der Waals surface area contributed by atoms with Gasteiger partial charge in [-0.05, 0) is 44.7 Å². The zero-order valence-electron chi connectivity index (χ0n) is 24.1. The predicted molar refractivity (Wildman–Crippen MR) is 162 cm³/mol. The lowest BCUT2D eigenvalue weighted by Gasteiger charge is -2.25. The minimum absolute atomic E-state index is 0.0298. The Labute approximate surface area is 242 Å². The third-order valence-electron chi connectivity index (χ3n) is 6.50. The largest absolute Gasteiger partial charge is 0.463 e. The Hall–Kier alpha value is -3.48. The average Bonchev–Trinajstić information content (AvgIpc) is 3.31. The van der Waals surface area contributed by atoms with Gasteiger partial charge >= 0.3 is 6.09 Å². The first-order chi connectivity index (χ1) is 19.2. The van der Waals surface area contributed by atoms with E-state index < -0.39 is 6.09 Å². The minimum atomic E-state index is -1.39. The van der Waals surface area contributed by atoms with E-state index in [4.69, 9.17) is 37.1 Å². The van der Waals surface area contributed by atoms with Crippen LogP contribution in [0.1, 0.15) is 84.2 Å². The van der Waals surface area contributed by atoms with Crippen molar-refractivity contribution < 1.29 is 14.6 Å². The van der Waals surface area contributed by atoms with Crippen LogP contribution in [0.3, 0.4) is 0 Å². The SMILES string of the molecule is C#C.CC.CC(C)OCC(C)c1nc2cc(/C(N)=N/C(=O)O)nc(-c3cncc(Cl)c3)c2n1CC1CCCCC1. The van der Waals surface area contributed by atoms with Gasteiger partial charge in [0.15, 0.2) is 5.84 Å². The molecule has 4 rings (SSSR count). The van der Waals surface area contributed by atoms with E-state index in [0.29, 0.717) is 34.3 Å². The molecule has 0 aliphatic heterocycles. The molecule has 1 atom stereocenters. The summed E-state index contributed by atoms with van der Waals surface area (Å²) in [5.41, 5.74) is 9.05. The highest BCUT2D eigenvalue weighted by molar-refractivity contribution is 6.30. The van der Waals surface area contributed by atoms with Crippen LogP contribution < -0.4 is 5.73 Å². The van der Waals surface area contributed by atoms with E-state index in [1.54, 1.807) is 24.5 Å². The zero-order chi connectivity index (χ0) is 29.8. The molecule has 1 unspecified atom stereocenters. The van der Waals surface area contributed by atoms with Crippen molar-refractivity contribution in [3.63, 3.8) is 0 Å². The number of ether oxygens (including phenoxy) is 1. The normalized spacial score (nSPS) is 14.7. The second kappa shape index (κ2) is 15.9. The van der Waals surface area contributed by atoms with Crippen LogP contribution in [0.2, 0.25) is 5.02 Å². The van der Waals surface area contributed by atoms with Crippen LogP contribution >= 0.6 is 11.6 Å². The van der Waals surface area contributed by atoms with Crippen molar-refractivity contribution in [1.82, 2.24) is 19.5 Å². The van der Waals surface area contributed by atoms with Gasteiger partial charge in [-0.2, -0.15) is 4.99 Å². The van der Waals surface area contributed by atoms with Crippen LogP contribution in [-0.4, -0.2) is 49.3 Å². The number of rotatable bonds is 8. The van der Waals surface area contributed by atoms with E-state index in [1.165, 1.54) is 32.1 Å². The smallest absolute Gasteiger partial charge is 0.433 e. The molecule has 3 aromatic heterocycles. The fourth-order valence-electron chi connectivity index (χ4n) is 4.81. The number of aliphatic imine (C=N–C) groups is 1. The highest BCUT2D eigenvalue weighted by Gasteiger charge is 2.25. The number of hydrogen-bond acceptors (Lipinski definition) is 5. The number of amides is 1. The topological polar surface area (TPSA) is 129 Å². The molecule has 9 nitrogen and oxygen atoms in total. The molecule has 3 N–H and O–H groups in total. The predicted octanol–water partition coefficient (Wildman–Crippen LogP) is 6.91. The fraction of sp³-hybridized carbons (Fsp3) is 0.500. The summed E-state index contributed by atoms with van der Waals surface area (Å²) < 4.78 is 8.20. The van der Waals surface area contributed by atoms with Crippen LogP contribution in [0.25, 0.3) is 22.3 Å². The Bertz CT molecular complexity index is 1310. The molecule has 1 aliphatic rings. The van der Waals surface area contributed by atoms with Crippen LogP contribution in [0.4, 0.5) is 4.79 Å². The molecule has 3 heterocycles. The summed E-state index contributed by atoms with van der Waals surface area (Å²) >= 11 is 6.28. The number of halogens is 1. The Morgan fingerprint density at radius 3 is 2.45 bits per heavy atom. The van der Waals surface area contributed by atoms with E-state index >= 15 is 0 Å². The summed E-state index contributed by atoms with van der Waals surface area (Å²) in [6.07, 6.45) is 16.1. The number of carboxylic acid groups (broad SMARTS) is 1. The Balaban J connectivity index is 0.00000134. The Morgan fingerprint density at radius 1 is 1.18 bits per heavy atom. The van der Waals surface area contributed by atoms with Gasteiger partial charge < -0.3 is 20.1 Å². The van der Waals surface area contributed by atoms with Crippen LogP contribution in [-0.2, 0) is 11.3 Å². The second-order valence-electron chi connectivity index (χ2n) is 9.76. The summed E-state index contributed by atoms with van der Waals surface area (Å²) in [5, 5.41) is 9.60. The maximum Gasteiger partial charge on any atom is 0.433 e. The lowest BCUT2D eigenvalue weighted by atomic mass is 9.89. The first-order valence-corrected chi connectivity index (χ1v) is 14.1. The van der Waals surface area contributed by atoms with Crippen molar-refractivity contribution in [2.24, 2.45) is 16.6 Å². The van der Waals surface area contributed by atoms with Crippen LogP contribution in [0, 0.1) is 18.8 Å².